The van der Waals surface area contributed by atoms with E-state index in [1.165, 1.54) is 27.8 Å². The molecule has 1 atom stereocenters. The van der Waals surface area contributed by atoms with E-state index in [4.69, 9.17) is 4.43 Å². The molecule has 3 aromatic rings. The van der Waals surface area contributed by atoms with E-state index in [0.717, 1.165) is 13.0 Å². The molecule has 29 heavy (non-hydrogen) atoms. The van der Waals surface area contributed by atoms with E-state index in [-0.39, 0.29) is 51.0 Å². The SMILES string of the molecule is CC1c2[c-]cccc2-c2ccccc21.C[Si](C)(C)OCC[c-]1cccc1.[Cl-].[Cl-].[Zr+4]. The van der Waals surface area contributed by atoms with Gasteiger partial charge in [0.2, 0.25) is 0 Å². The Morgan fingerprint density at radius 1 is 0.931 bits per heavy atom. The van der Waals surface area contributed by atoms with Gasteiger partial charge in [0, 0.05) is 6.61 Å². The molecule has 1 unspecified atom stereocenters. The van der Waals surface area contributed by atoms with Crippen molar-refractivity contribution in [1.29, 1.82) is 0 Å². The van der Waals surface area contributed by atoms with Crippen LogP contribution >= 0.6 is 0 Å². The van der Waals surface area contributed by atoms with Gasteiger partial charge >= 0.3 is 26.2 Å². The Morgan fingerprint density at radius 3 is 2.21 bits per heavy atom. The largest absolute Gasteiger partial charge is 4.00 e. The monoisotopic (exact) mass is 520 g/mol. The fourth-order valence-corrected chi connectivity index (χ4v) is 4.09. The van der Waals surface area contributed by atoms with Crippen molar-refractivity contribution in [2.24, 2.45) is 0 Å². The normalized spacial score (nSPS) is 13.4. The topological polar surface area (TPSA) is 9.23 Å². The summed E-state index contributed by atoms with van der Waals surface area (Å²) < 4.78 is 5.74. The summed E-state index contributed by atoms with van der Waals surface area (Å²) in [7, 11) is -1.29. The van der Waals surface area contributed by atoms with Crippen LogP contribution in [0, 0.1) is 6.07 Å². The Morgan fingerprint density at radius 2 is 1.55 bits per heavy atom. The molecule has 0 N–H and O–H groups in total. The molecule has 0 bridgehead atoms. The Balaban J connectivity index is 0.000000496. The molecule has 0 saturated carbocycles. The molecule has 3 aromatic carbocycles. The van der Waals surface area contributed by atoms with Crippen molar-refractivity contribution >= 4 is 8.32 Å². The first kappa shape index (κ1) is 28.4. The van der Waals surface area contributed by atoms with Crippen molar-refractivity contribution in [2.75, 3.05) is 6.61 Å². The molecular weight excluding hydrogens is 494 g/mol. The zero-order chi connectivity index (χ0) is 18.6. The molecule has 0 aliphatic heterocycles. The minimum atomic E-state index is -1.29. The fourth-order valence-electron chi connectivity index (χ4n) is 3.37. The number of hydrogen-bond acceptors (Lipinski definition) is 1. The van der Waals surface area contributed by atoms with E-state index < -0.39 is 8.32 Å². The summed E-state index contributed by atoms with van der Waals surface area (Å²) in [6, 6.07) is 26.7. The van der Waals surface area contributed by atoms with Crippen molar-refractivity contribution in [3.8, 4) is 11.1 Å². The standard InChI is InChI=1S/C14H11.C10H17OSi.2ClH.Zr/c1-10-11-6-2-4-8-13(11)14-9-5-3-7-12(10)14;1-12(2,3)11-9-8-10-6-4-5-7-10;;;/h2-6,8-10H,1H3;4-7H,8-9H2,1-3H3;2*1H;/q2*-1;;;+4/p-2. The zero-order valence-corrected chi connectivity index (χ0v) is 22.5. The average molecular weight is 523 g/mol. The number of halogens is 2. The molecule has 0 aromatic heterocycles. The Hall–Kier alpha value is -0.570. The summed E-state index contributed by atoms with van der Waals surface area (Å²) in [5.41, 5.74) is 6.90. The maximum absolute atomic E-state index is 5.74. The molecule has 152 valence electrons. The molecule has 1 aliphatic carbocycles. The van der Waals surface area contributed by atoms with Gasteiger partial charge in [-0.2, -0.15) is 42.0 Å². The summed E-state index contributed by atoms with van der Waals surface area (Å²) in [4.78, 5) is 0. The second kappa shape index (κ2) is 13.0. The third-order valence-corrected chi connectivity index (χ3v) is 5.77. The molecule has 4 rings (SSSR count). The van der Waals surface area contributed by atoms with Gasteiger partial charge in [0.25, 0.3) is 0 Å². The fraction of sp³-hybridized carbons (Fsp3) is 0.292. The predicted octanol–water partition coefficient (Wildman–Crippen LogP) is 0.424. The van der Waals surface area contributed by atoms with E-state index in [9.17, 15) is 0 Å². The van der Waals surface area contributed by atoms with Gasteiger partial charge in [0.1, 0.15) is 0 Å². The maximum Gasteiger partial charge on any atom is 4.00 e. The second-order valence-electron chi connectivity index (χ2n) is 7.81. The summed E-state index contributed by atoms with van der Waals surface area (Å²) in [6.45, 7) is 9.79. The van der Waals surface area contributed by atoms with Crippen LogP contribution in [0.4, 0.5) is 0 Å². The van der Waals surface area contributed by atoms with Gasteiger partial charge < -0.3 is 29.2 Å². The molecule has 1 aliphatic rings. The van der Waals surface area contributed by atoms with Gasteiger partial charge in [-0.25, -0.2) is 12.1 Å². The van der Waals surface area contributed by atoms with E-state index in [1.807, 2.05) is 6.07 Å². The first-order chi connectivity index (χ1) is 12.5. The maximum atomic E-state index is 5.74. The molecule has 5 heteroatoms. The van der Waals surface area contributed by atoms with Crippen LogP contribution in [0.1, 0.15) is 29.5 Å². The second-order valence-corrected chi connectivity index (χ2v) is 12.3. The van der Waals surface area contributed by atoms with Gasteiger partial charge in [-0.15, -0.1) is 11.1 Å². The molecular formula is C24H28Cl2OSiZr. The molecule has 0 spiro atoms. The van der Waals surface area contributed by atoms with Crippen LogP contribution < -0.4 is 24.8 Å². The van der Waals surface area contributed by atoms with Gasteiger partial charge in [0.05, 0.1) is 0 Å². The molecule has 0 heterocycles. The third-order valence-electron chi connectivity index (χ3n) is 4.70. The number of fused-ring (bicyclic) bond motifs is 3. The number of benzene rings is 2. The van der Waals surface area contributed by atoms with Crippen LogP contribution in [0.5, 0.6) is 0 Å². The first-order valence-electron chi connectivity index (χ1n) is 9.40. The van der Waals surface area contributed by atoms with Crippen molar-refractivity contribution < 1.29 is 55.4 Å². The van der Waals surface area contributed by atoms with Gasteiger partial charge in [0.15, 0.2) is 8.32 Å². The van der Waals surface area contributed by atoms with Crippen molar-refractivity contribution in [2.45, 2.75) is 38.9 Å². The smallest absolute Gasteiger partial charge is 1.00 e. The Bertz CT molecular complexity index is 799. The van der Waals surface area contributed by atoms with E-state index in [1.54, 1.807) is 0 Å². The Kier molecular flexibility index (Phi) is 12.7. The molecule has 0 radical (unpaired) electrons. The van der Waals surface area contributed by atoms with Crippen LogP contribution in [0.2, 0.25) is 19.6 Å². The Labute approximate surface area is 208 Å². The van der Waals surface area contributed by atoms with Crippen LogP contribution in [0.25, 0.3) is 11.1 Å². The summed E-state index contributed by atoms with van der Waals surface area (Å²) >= 11 is 0. The van der Waals surface area contributed by atoms with Crippen LogP contribution in [0.3, 0.4) is 0 Å². The van der Waals surface area contributed by atoms with E-state index in [2.05, 4.69) is 93.3 Å². The first-order valence-corrected chi connectivity index (χ1v) is 12.8. The van der Waals surface area contributed by atoms with Crippen LogP contribution in [-0.4, -0.2) is 14.9 Å². The minimum Gasteiger partial charge on any atom is -1.00 e. The average Bonchev–Trinajstić information content (AvgIpc) is 3.23. The molecule has 0 fully saturated rings. The summed E-state index contributed by atoms with van der Waals surface area (Å²) in [5, 5.41) is 0. The van der Waals surface area contributed by atoms with Crippen molar-refractivity contribution in [3.63, 3.8) is 0 Å². The predicted molar refractivity (Wildman–Crippen MR) is 113 cm³/mol. The van der Waals surface area contributed by atoms with Gasteiger partial charge in [-0.05, 0) is 31.1 Å². The number of rotatable bonds is 4. The molecule has 0 saturated heterocycles. The van der Waals surface area contributed by atoms with Gasteiger partial charge in [-0.3, -0.25) is 0 Å². The van der Waals surface area contributed by atoms with E-state index in [0.29, 0.717) is 5.92 Å². The van der Waals surface area contributed by atoms with Crippen molar-refractivity contribution in [3.05, 3.63) is 89.5 Å². The summed E-state index contributed by atoms with van der Waals surface area (Å²) in [5.74, 6) is 0.502. The third kappa shape index (κ3) is 7.89. The minimum absolute atomic E-state index is 0. The van der Waals surface area contributed by atoms with Crippen LogP contribution in [-0.2, 0) is 37.1 Å². The van der Waals surface area contributed by atoms with Crippen LogP contribution in [0.15, 0.2) is 66.7 Å². The molecule has 1 nitrogen and oxygen atoms in total. The van der Waals surface area contributed by atoms with Crippen molar-refractivity contribution in [1.82, 2.24) is 0 Å². The quantitative estimate of drug-likeness (QED) is 0.357. The van der Waals surface area contributed by atoms with Gasteiger partial charge in [-0.1, -0.05) is 43.2 Å². The summed E-state index contributed by atoms with van der Waals surface area (Å²) in [6.07, 6.45) is 1.05. The molecule has 0 amide bonds. The van der Waals surface area contributed by atoms with E-state index >= 15 is 0 Å². The number of hydrogen-bond donors (Lipinski definition) is 0. The zero-order valence-electron chi connectivity index (χ0n) is 17.5.